The molecule has 3 heteroatoms. The molecule has 1 aromatic carbocycles. The Morgan fingerprint density at radius 1 is 1.37 bits per heavy atom. The molecule has 1 aliphatic heterocycles. The Hall–Kier alpha value is -2.03. The molecule has 19 heavy (non-hydrogen) atoms. The van der Waals surface area contributed by atoms with Crippen LogP contribution in [0.4, 0.5) is 0 Å². The molecule has 2 aromatic rings. The lowest BCUT2D eigenvalue weighted by Crippen LogP contribution is -2.34. The second-order valence-electron chi connectivity index (χ2n) is 5.09. The first-order valence-electron chi connectivity index (χ1n) is 6.74. The minimum Gasteiger partial charge on any atom is -0.361 e. The number of amides is 1. The fourth-order valence-corrected chi connectivity index (χ4v) is 2.73. The number of hydrogen-bond donors (Lipinski definition) is 1. The molecule has 0 spiro atoms. The molecule has 3 rings (SSSR count). The summed E-state index contributed by atoms with van der Waals surface area (Å²) in [6.07, 6.45) is 7.63. The molecule has 98 valence electrons. The third kappa shape index (κ3) is 2.28. The molecule has 1 aliphatic rings. The van der Waals surface area contributed by atoms with E-state index in [2.05, 4.69) is 36.2 Å². The topological polar surface area (TPSA) is 36.1 Å². The molecule has 1 N–H and O–H groups in total. The molecular formula is C16H18N2O. The number of nitrogens with one attached hydrogen (secondary N) is 1. The van der Waals surface area contributed by atoms with E-state index >= 15 is 0 Å². The quantitative estimate of drug-likeness (QED) is 0.822. The van der Waals surface area contributed by atoms with Crippen LogP contribution >= 0.6 is 0 Å². The van der Waals surface area contributed by atoms with Gasteiger partial charge in [0.25, 0.3) is 0 Å². The molecule has 0 radical (unpaired) electrons. The number of nitrogens with zero attached hydrogens (tertiary/aromatic N) is 1. The van der Waals surface area contributed by atoms with E-state index in [1.54, 1.807) is 0 Å². The molecule has 0 atom stereocenters. The van der Waals surface area contributed by atoms with Crippen molar-refractivity contribution in [1.82, 2.24) is 9.88 Å². The molecule has 0 aliphatic carbocycles. The van der Waals surface area contributed by atoms with E-state index in [-0.39, 0.29) is 5.91 Å². The van der Waals surface area contributed by atoms with E-state index in [1.165, 1.54) is 10.9 Å². The van der Waals surface area contributed by atoms with Crippen molar-refractivity contribution in [1.29, 1.82) is 0 Å². The molecule has 3 nitrogen and oxygen atoms in total. The van der Waals surface area contributed by atoms with Gasteiger partial charge in [0, 0.05) is 30.2 Å². The Kier molecular flexibility index (Phi) is 3.11. The van der Waals surface area contributed by atoms with Crippen LogP contribution in [0.2, 0.25) is 0 Å². The average molecular weight is 254 g/mol. The number of rotatable bonds is 2. The number of H-pyrrole nitrogens is 1. The summed E-state index contributed by atoms with van der Waals surface area (Å²) in [7, 11) is 0. The summed E-state index contributed by atoms with van der Waals surface area (Å²) < 4.78 is 0. The predicted molar refractivity (Wildman–Crippen MR) is 77.1 cm³/mol. The van der Waals surface area contributed by atoms with Crippen LogP contribution < -0.4 is 0 Å². The van der Waals surface area contributed by atoms with Gasteiger partial charge in [-0.25, -0.2) is 0 Å². The van der Waals surface area contributed by atoms with E-state index in [0.29, 0.717) is 6.42 Å². The van der Waals surface area contributed by atoms with Crippen LogP contribution in [0.25, 0.3) is 10.9 Å². The van der Waals surface area contributed by atoms with Gasteiger partial charge >= 0.3 is 0 Å². The first-order valence-corrected chi connectivity index (χ1v) is 6.74. The van der Waals surface area contributed by atoms with Gasteiger partial charge in [-0.05, 0) is 30.5 Å². The molecule has 0 saturated carbocycles. The Balaban J connectivity index is 1.85. The summed E-state index contributed by atoms with van der Waals surface area (Å²) in [5.41, 5.74) is 3.44. The average Bonchev–Trinajstić information content (AvgIpc) is 2.84. The van der Waals surface area contributed by atoms with Crippen molar-refractivity contribution in [3.05, 3.63) is 47.7 Å². The van der Waals surface area contributed by atoms with Crippen LogP contribution in [0, 0.1) is 6.92 Å². The largest absolute Gasteiger partial charge is 0.361 e. The second kappa shape index (κ2) is 4.92. The van der Waals surface area contributed by atoms with Crippen LogP contribution in [0.15, 0.2) is 36.5 Å². The number of aromatic nitrogens is 1. The van der Waals surface area contributed by atoms with E-state index < -0.39 is 0 Å². The maximum Gasteiger partial charge on any atom is 0.227 e. The molecule has 0 saturated heterocycles. The first kappa shape index (κ1) is 12.0. The first-order chi connectivity index (χ1) is 9.25. The number of benzene rings is 1. The van der Waals surface area contributed by atoms with Gasteiger partial charge in [0.2, 0.25) is 5.91 Å². The van der Waals surface area contributed by atoms with Crippen molar-refractivity contribution in [3.63, 3.8) is 0 Å². The highest BCUT2D eigenvalue weighted by Gasteiger charge is 2.16. The number of aryl methyl sites for hydroxylation is 1. The van der Waals surface area contributed by atoms with Gasteiger partial charge in [-0.3, -0.25) is 4.79 Å². The molecule has 1 amide bonds. The van der Waals surface area contributed by atoms with Crippen molar-refractivity contribution in [3.8, 4) is 0 Å². The van der Waals surface area contributed by atoms with Gasteiger partial charge in [0.15, 0.2) is 0 Å². The number of carbonyl (C=O) groups is 1. The third-order valence-corrected chi connectivity index (χ3v) is 3.75. The van der Waals surface area contributed by atoms with E-state index in [4.69, 9.17) is 0 Å². The van der Waals surface area contributed by atoms with E-state index in [9.17, 15) is 4.79 Å². The summed E-state index contributed by atoms with van der Waals surface area (Å²) >= 11 is 0. The maximum absolute atomic E-state index is 12.3. The predicted octanol–water partition coefficient (Wildman–Crippen LogP) is 2.81. The summed E-state index contributed by atoms with van der Waals surface area (Å²) in [5, 5.41) is 1.20. The minimum absolute atomic E-state index is 0.216. The summed E-state index contributed by atoms with van der Waals surface area (Å²) in [4.78, 5) is 17.5. The number of aromatic amines is 1. The van der Waals surface area contributed by atoms with Crippen molar-refractivity contribution in [2.45, 2.75) is 19.8 Å². The van der Waals surface area contributed by atoms with Crippen LogP contribution in [0.5, 0.6) is 0 Å². The highest BCUT2D eigenvalue weighted by atomic mass is 16.2. The lowest BCUT2D eigenvalue weighted by molar-refractivity contribution is -0.130. The van der Waals surface area contributed by atoms with E-state index in [0.717, 1.165) is 30.6 Å². The summed E-state index contributed by atoms with van der Waals surface area (Å²) in [6.45, 7) is 3.69. The van der Waals surface area contributed by atoms with Gasteiger partial charge in [-0.2, -0.15) is 0 Å². The summed E-state index contributed by atoms with van der Waals surface area (Å²) in [5.74, 6) is 0.216. The Morgan fingerprint density at radius 2 is 2.26 bits per heavy atom. The zero-order valence-electron chi connectivity index (χ0n) is 11.1. The van der Waals surface area contributed by atoms with Crippen molar-refractivity contribution in [2.75, 3.05) is 13.1 Å². The van der Waals surface area contributed by atoms with Crippen molar-refractivity contribution < 1.29 is 4.79 Å². The van der Waals surface area contributed by atoms with Crippen molar-refractivity contribution in [2.24, 2.45) is 0 Å². The van der Waals surface area contributed by atoms with Gasteiger partial charge in [0.05, 0.1) is 6.42 Å². The molecule has 0 bridgehead atoms. The lowest BCUT2D eigenvalue weighted by Gasteiger charge is -2.23. The van der Waals surface area contributed by atoms with Gasteiger partial charge in [0.1, 0.15) is 0 Å². The smallest absolute Gasteiger partial charge is 0.227 e. The van der Waals surface area contributed by atoms with Gasteiger partial charge < -0.3 is 9.88 Å². The summed E-state index contributed by atoms with van der Waals surface area (Å²) in [6, 6.07) is 6.18. The lowest BCUT2D eigenvalue weighted by atomic mass is 10.0. The van der Waals surface area contributed by atoms with Crippen molar-refractivity contribution >= 4 is 16.8 Å². The van der Waals surface area contributed by atoms with Crippen LogP contribution in [-0.4, -0.2) is 28.9 Å². The highest BCUT2D eigenvalue weighted by molar-refractivity contribution is 5.91. The highest BCUT2D eigenvalue weighted by Crippen LogP contribution is 2.23. The molecule has 2 heterocycles. The van der Waals surface area contributed by atoms with Gasteiger partial charge in [-0.15, -0.1) is 0 Å². The standard InChI is InChI=1S/C16H18N2O/c1-12-6-5-7-14-16(12)13(11-17-14)10-15(19)18-8-3-2-4-9-18/h2-3,5-7,11,17H,4,8-10H2,1H3. The Bertz CT molecular complexity index is 639. The molecule has 0 unspecified atom stereocenters. The van der Waals surface area contributed by atoms with Crippen LogP contribution in [0.3, 0.4) is 0 Å². The molecule has 1 aromatic heterocycles. The van der Waals surface area contributed by atoms with Gasteiger partial charge in [-0.1, -0.05) is 24.3 Å². The second-order valence-corrected chi connectivity index (χ2v) is 5.09. The zero-order chi connectivity index (χ0) is 13.2. The Labute approximate surface area is 112 Å². The minimum atomic E-state index is 0.216. The maximum atomic E-state index is 12.3. The number of hydrogen-bond acceptors (Lipinski definition) is 1. The number of carbonyl (C=O) groups excluding carboxylic acids is 1. The van der Waals surface area contributed by atoms with Crippen LogP contribution in [-0.2, 0) is 11.2 Å². The fourth-order valence-electron chi connectivity index (χ4n) is 2.73. The Morgan fingerprint density at radius 3 is 3.05 bits per heavy atom. The zero-order valence-corrected chi connectivity index (χ0v) is 11.1. The normalized spacial score (nSPS) is 15.1. The number of fused-ring (bicyclic) bond motifs is 1. The molecular weight excluding hydrogens is 236 g/mol. The molecule has 0 fully saturated rings. The van der Waals surface area contributed by atoms with Crippen LogP contribution in [0.1, 0.15) is 17.5 Å². The monoisotopic (exact) mass is 254 g/mol. The fraction of sp³-hybridized carbons (Fsp3) is 0.312. The third-order valence-electron chi connectivity index (χ3n) is 3.75. The SMILES string of the molecule is Cc1cccc2[nH]cc(CC(=O)N3CC=CCC3)c12. The van der Waals surface area contributed by atoms with E-state index in [1.807, 2.05) is 17.2 Å².